The molecule has 0 saturated heterocycles. The molecule has 136 valence electrons. The Kier molecular flexibility index (Phi) is 10.6. The van der Waals surface area contributed by atoms with Crippen molar-refractivity contribution in [2.75, 3.05) is 0 Å². The van der Waals surface area contributed by atoms with E-state index < -0.39 is 17.5 Å². The molecule has 2 N–H and O–H groups in total. The monoisotopic (exact) mass is 326 g/mol. The van der Waals surface area contributed by atoms with Gasteiger partial charge in [0.25, 0.3) is 0 Å². The minimum Gasteiger partial charge on any atom is -0.481 e. The van der Waals surface area contributed by atoms with Crippen LogP contribution >= 0.6 is 0 Å². The summed E-state index contributed by atoms with van der Waals surface area (Å²) in [4.78, 5) is 11.1. The van der Waals surface area contributed by atoms with E-state index in [9.17, 15) is 9.90 Å². The molecule has 0 heterocycles. The first kappa shape index (κ1) is 20.5. The molecule has 1 saturated carbocycles. The number of carboxylic acids is 1. The Labute approximate surface area is 142 Å². The van der Waals surface area contributed by atoms with E-state index in [4.69, 9.17) is 5.11 Å². The zero-order chi connectivity index (χ0) is 17.0. The van der Waals surface area contributed by atoms with Crippen LogP contribution in [0.2, 0.25) is 0 Å². The normalized spacial score (nSPS) is 17.1. The molecule has 1 aliphatic carbocycles. The van der Waals surface area contributed by atoms with Crippen LogP contribution in [0.15, 0.2) is 0 Å². The smallest absolute Gasteiger partial charge is 0.312 e. The van der Waals surface area contributed by atoms with Crippen molar-refractivity contribution < 1.29 is 15.0 Å². The first-order chi connectivity index (χ1) is 11.1. The number of hydrogen-bond acceptors (Lipinski definition) is 2. The van der Waals surface area contributed by atoms with Gasteiger partial charge < -0.3 is 10.2 Å². The Hall–Kier alpha value is -0.570. The van der Waals surface area contributed by atoms with E-state index in [0.29, 0.717) is 19.3 Å². The summed E-state index contributed by atoms with van der Waals surface area (Å²) < 4.78 is 0. The van der Waals surface area contributed by atoms with Gasteiger partial charge in [0.15, 0.2) is 0 Å². The lowest BCUT2D eigenvalue weighted by Crippen LogP contribution is -2.29. The van der Waals surface area contributed by atoms with Gasteiger partial charge in [0, 0.05) is 0 Å². The lowest BCUT2D eigenvalue weighted by atomic mass is 9.94. The Morgan fingerprint density at radius 2 is 1.22 bits per heavy atom. The lowest BCUT2D eigenvalue weighted by molar-refractivity contribution is -0.148. The van der Waals surface area contributed by atoms with Crippen LogP contribution in [-0.2, 0) is 4.79 Å². The number of aliphatic hydroxyl groups is 1. The van der Waals surface area contributed by atoms with Gasteiger partial charge in [0.05, 0.1) is 11.5 Å². The van der Waals surface area contributed by atoms with Gasteiger partial charge in [0.2, 0.25) is 0 Å². The highest BCUT2D eigenvalue weighted by Crippen LogP contribution is 2.50. The SMILES string of the molecule is CCCCCCCCCCCCCCCC(O)C1(C(=O)O)CC1. The molecule has 3 nitrogen and oxygen atoms in total. The number of hydrogen-bond donors (Lipinski definition) is 2. The highest BCUT2D eigenvalue weighted by Gasteiger charge is 2.55. The molecule has 0 aromatic heterocycles. The average molecular weight is 327 g/mol. The number of rotatable bonds is 16. The molecule has 1 unspecified atom stereocenters. The van der Waals surface area contributed by atoms with Crippen molar-refractivity contribution in [1.29, 1.82) is 0 Å². The zero-order valence-corrected chi connectivity index (χ0v) is 15.2. The molecule has 1 aliphatic rings. The molecule has 23 heavy (non-hydrogen) atoms. The molecule has 0 aromatic rings. The average Bonchev–Trinajstić information content (AvgIpc) is 3.33. The molecule has 3 heteroatoms. The molecular formula is C20H38O3. The first-order valence-electron chi connectivity index (χ1n) is 10.0. The third kappa shape index (κ3) is 8.19. The summed E-state index contributed by atoms with van der Waals surface area (Å²) in [6, 6.07) is 0. The van der Waals surface area contributed by atoms with Gasteiger partial charge in [-0.3, -0.25) is 4.79 Å². The standard InChI is InChI=1S/C20H38O3/c1-2-3-4-5-6-7-8-9-10-11-12-13-14-15-18(21)20(16-17-20)19(22)23/h18,21H,2-17H2,1H3,(H,22,23). The van der Waals surface area contributed by atoms with Gasteiger partial charge in [-0.15, -0.1) is 0 Å². The number of aliphatic carboxylic acids is 1. The molecule has 0 aromatic carbocycles. The summed E-state index contributed by atoms with van der Waals surface area (Å²) in [7, 11) is 0. The number of unbranched alkanes of at least 4 members (excludes halogenated alkanes) is 12. The van der Waals surface area contributed by atoms with Crippen molar-refractivity contribution in [2.24, 2.45) is 5.41 Å². The summed E-state index contributed by atoms with van der Waals surface area (Å²) in [5.74, 6) is -0.806. The topological polar surface area (TPSA) is 57.5 Å². The van der Waals surface area contributed by atoms with E-state index in [1.165, 1.54) is 70.6 Å². The fourth-order valence-corrected chi connectivity index (χ4v) is 3.46. The van der Waals surface area contributed by atoms with Crippen molar-refractivity contribution >= 4 is 5.97 Å². The number of carboxylic acid groups (broad SMARTS) is 1. The quantitative estimate of drug-likeness (QED) is 0.358. The van der Waals surface area contributed by atoms with Crippen molar-refractivity contribution in [3.05, 3.63) is 0 Å². The third-order valence-corrected chi connectivity index (χ3v) is 5.43. The minimum atomic E-state index is -0.806. The summed E-state index contributed by atoms with van der Waals surface area (Å²) in [6.45, 7) is 2.26. The summed E-state index contributed by atoms with van der Waals surface area (Å²) in [5, 5.41) is 19.1. The lowest BCUT2D eigenvalue weighted by Gasteiger charge is -2.17. The summed E-state index contributed by atoms with van der Waals surface area (Å²) in [6.07, 6.45) is 18.4. The molecule has 1 atom stereocenters. The third-order valence-electron chi connectivity index (χ3n) is 5.43. The van der Waals surface area contributed by atoms with Crippen LogP contribution in [0, 0.1) is 5.41 Å². The van der Waals surface area contributed by atoms with Crippen LogP contribution in [-0.4, -0.2) is 22.3 Å². The Balaban J connectivity index is 1.81. The van der Waals surface area contributed by atoms with Gasteiger partial charge in [-0.1, -0.05) is 90.4 Å². The largest absolute Gasteiger partial charge is 0.481 e. The molecular weight excluding hydrogens is 288 g/mol. The van der Waals surface area contributed by atoms with E-state index in [-0.39, 0.29) is 0 Å². The highest BCUT2D eigenvalue weighted by molar-refractivity contribution is 5.78. The second-order valence-electron chi connectivity index (χ2n) is 7.51. The van der Waals surface area contributed by atoms with Gasteiger partial charge in [-0.05, 0) is 19.3 Å². The first-order valence-corrected chi connectivity index (χ1v) is 10.0. The zero-order valence-electron chi connectivity index (χ0n) is 15.2. The van der Waals surface area contributed by atoms with E-state index in [1.807, 2.05) is 0 Å². The van der Waals surface area contributed by atoms with Crippen LogP contribution in [0.5, 0.6) is 0 Å². The highest BCUT2D eigenvalue weighted by atomic mass is 16.4. The van der Waals surface area contributed by atoms with Crippen LogP contribution < -0.4 is 0 Å². The predicted octanol–water partition coefficient (Wildman–Crippen LogP) is 5.69. The van der Waals surface area contributed by atoms with Gasteiger partial charge >= 0.3 is 5.97 Å². The molecule has 0 radical (unpaired) electrons. The maximum Gasteiger partial charge on any atom is 0.312 e. The molecule has 0 aliphatic heterocycles. The van der Waals surface area contributed by atoms with E-state index in [0.717, 1.165) is 12.8 Å². The van der Waals surface area contributed by atoms with Crippen LogP contribution in [0.3, 0.4) is 0 Å². The Morgan fingerprint density at radius 3 is 1.57 bits per heavy atom. The Morgan fingerprint density at radius 1 is 0.826 bits per heavy atom. The fourth-order valence-electron chi connectivity index (χ4n) is 3.46. The number of carbonyl (C=O) groups is 1. The van der Waals surface area contributed by atoms with Crippen LogP contribution in [0.1, 0.15) is 110 Å². The van der Waals surface area contributed by atoms with Crippen molar-refractivity contribution in [2.45, 2.75) is 116 Å². The second kappa shape index (κ2) is 11.9. The van der Waals surface area contributed by atoms with Crippen molar-refractivity contribution in [3.8, 4) is 0 Å². The van der Waals surface area contributed by atoms with E-state index >= 15 is 0 Å². The fraction of sp³-hybridized carbons (Fsp3) is 0.950. The Bertz CT molecular complexity index is 310. The van der Waals surface area contributed by atoms with Gasteiger partial charge in [-0.25, -0.2) is 0 Å². The molecule has 0 bridgehead atoms. The molecule has 0 spiro atoms. The molecule has 0 amide bonds. The van der Waals surface area contributed by atoms with Crippen LogP contribution in [0.25, 0.3) is 0 Å². The van der Waals surface area contributed by atoms with E-state index in [2.05, 4.69) is 6.92 Å². The predicted molar refractivity (Wildman–Crippen MR) is 95.6 cm³/mol. The van der Waals surface area contributed by atoms with Crippen molar-refractivity contribution in [3.63, 3.8) is 0 Å². The minimum absolute atomic E-state index is 0.632. The maximum absolute atomic E-state index is 11.1. The summed E-state index contributed by atoms with van der Waals surface area (Å²) >= 11 is 0. The van der Waals surface area contributed by atoms with E-state index in [1.54, 1.807) is 0 Å². The summed E-state index contributed by atoms with van der Waals surface area (Å²) in [5.41, 5.74) is -0.781. The second-order valence-corrected chi connectivity index (χ2v) is 7.51. The molecule has 1 rings (SSSR count). The maximum atomic E-state index is 11.1. The van der Waals surface area contributed by atoms with Crippen molar-refractivity contribution in [1.82, 2.24) is 0 Å². The van der Waals surface area contributed by atoms with Gasteiger partial charge in [-0.2, -0.15) is 0 Å². The number of aliphatic hydroxyl groups excluding tert-OH is 1. The van der Waals surface area contributed by atoms with Gasteiger partial charge in [0.1, 0.15) is 0 Å². The molecule has 1 fully saturated rings. The van der Waals surface area contributed by atoms with Crippen LogP contribution in [0.4, 0.5) is 0 Å².